The number of benzene rings is 1. The molecule has 0 atom stereocenters. The van der Waals surface area contributed by atoms with Gasteiger partial charge in [0.2, 0.25) is 0 Å². The van der Waals surface area contributed by atoms with Gasteiger partial charge in [0.25, 0.3) is 10.0 Å². The third kappa shape index (κ3) is 3.11. The number of carboxylic acid groups (broad SMARTS) is 1. The Bertz CT molecular complexity index is 796. The van der Waals surface area contributed by atoms with Crippen molar-refractivity contribution in [3.63, 3.8) is 0 Å². The second-order valence-electron chi connectivity index (χ2n) is 4.63. The number of rotatable bonds is 6. The highest BCUT2D eigenvalue weighted by Gasteiger charge is 2.22. The van der Waals surface area contributed by atoms with Crippen molar-refractivity contribution in [2.45, 2.75) is 31.8 Å². The van der Waals surface area contributed by atoms with Crippen LogP contribution in [-0.2, 0) is 23.0 Å². The number of anilines is 1. The summed E-state index contributed by atoms with van der Waals surface area (Å²) in [7, 11) is -3.90. The summed E-state index contributed by atoms with van der Waals surface area (Å²) in [5.74, 6) is -1.18. The number of sulfonamides is 1. The van der Waals surface area contributed by atoms with Gasteiger partial charge >= 0.3 is 5.97 Å². The lowest BCUT2D eigenvalue weighted by Gasteiger charge is -2.12. The number of carboxylic acids is 1. The second kappa shape index (κ2) is 6.18. The van der Waals surface area contributed by atoms with Crippen molar-refractivity contribution in [3.8, 4) is 0 Å². The molecule has 8 heteroatoms. The molecule has 0 unspecified atom stereocenters. The quantitative estimate of drug-likeness (QED) is 0.846. The van der Waals surface area contributed by atoms with Gasteiger partial charge < -0.3 is 5.11 Å². The molecule has 22 heavy (non-hydrogen) atoms. The van der Waals surface area contributed by atoms with Gasteiger partial charge in [0.05, 0.1) is 17.4 Å². The number of hydrogen-bond acceptors (Lipinski definition) is 4. The molecule has 1 aromatic heterocycles. The molecule has 0 spiro atoms. The molecule has 0 aliphatic carbocycles. The van der Waals surface area contributed by atoms with Crippen LogP contribution in [0, 0.1) is 0 Å². The molecule has 118 valence electrons. The van der Waals surface area contributed by atoms with Crippen molar-refractivity contribution in [1.29, 1.82) is 0 Å². The van der Waals surface area contributed by atoms with Crippen LogP contribution in [-0.4, -0.2) is 29.3 Å². The van der Waals surface area contributed by atoms with E-state index in [1.54, 1.807) is 13.0 Å². The average molecular weight is 323 g/mol. The van der Waals surface area contributed by atoms with E-state index < -0.39 is 16.0 Å². The highest BCUT2D eigenvalue weighted by Crippen LogP contribution is 2.22. The van der Waals surface area contributed by atoms with Crippen LogP contribution in [0.5, 0.6) is 0 Å². The molecular formula is C14H17N3O4S. The minimum atomic E-state index is -3.90. The lowest BCUT2D eigenvalue weighted by molar-refractivity contribution is 0.0698. The molecular weight excluding hydrogens is 306 g/mol. The number of hydrogen-bond donors (Lipinski definition) is 2. The first kappa shape index (κ1) is 16.0. The largest absolute Gasteiger partial charge is 0.478 e. The fraction of sp³-hybridized carbons (Fsp3) is 0.286. The Kier molecular flexibility index (Phi) is 4.51. The number of aromatic nitrogens is 2. The summed E-state index contributed by atoms with van der Waals surface area (Å²) in [5.41, 5.74) is 0.776. The molecule has 0 bridgehead atoms. The number of nitrogens with zero attached hydrogens (tertiary/aromatic N) is 2. The molecule has 1 heterocycles. The number of aryl methyl sites for hydroxylation is 2. The first-order valence-corrected chi connectivity index (χ1v) is 8.28. The minimum Gasteiger partial charge on any atom is -0.478 e. The Balaban J connectivity index is 2.44. The molecule has 7 nitrogen and oxygen atoms in total. The molecule has 0 aliphatic heterocycles. The van der Waals surface area contributed by atoms with E-state index in [4.69, 9.17) is 0 Å². The third-order valence-corrected chi connectivity index (χ3v) is 4.61. The maximum Gasteiger partial charge on any atom is 0.337 e. The van der Waals surface area contributed by atoms with Crippen LogP contribution in [0.2, 0.25) is 0 Å². The van der Waals surface area contributed by atoms with Crippen molar-refractivity contribution >= 4 is 21.7 Å². The zero-order valence-electron chi connectivity index (χ0n) is 12.3. The highest BCUT2D eigenvalue weighted by molar-refractivity contribution is 7.92. The molecule has 2 aromatic rings. The maximum absolute atomic E-state index is 12.4. The number of carbonyl (C=O) groups is 1. The van der Waals surface area contributed by atoms with Crippen LogP contribution in [0.25, 0.3) is 0 Å². The van der Waals surface area contributed by atoms with E-state index in [0.717, 1.165) is 5.56 Å². The number of nitrogens with one attached hydrogen (secondary N) is 1. The zero-order chi connectivity index (χ0) is 16.3. The molecule has 0 saturated heterocycles. The molecule has 2 rings (SSSR count). The van der Waals surface area contributed by atoms with Crippen LogP contribution >= 0.6 is 0 Å². The molecule has 0 fully saturated rings. The maximum atomic E-state index is 12.4. The minimum absolute atomic E-state index is 0.00842. The lowest BCUT2D eigenvalue weighted by atomic mass is 10.1. The van der Waals surface area contributed by atoms with E-state index in [9.17, 15) is 18.3 Å². The van der Waals surface area contributed by atoms with Gasteiger partial charge in [0.15, 0.2) is 5.03 Å². The van der Waals surface area contributed by atoms with Crippen LogP contribution in [0.1, 0.15) is 29.8 Å². The van der Waals surface area contributed by atoms with Gasteiger partial charge in [-0.1, -0.05) is 13.0 Å². The van der Waals surface area contributed by atoms with E-state index in [1.807, 2.05) is 6.92 Å². The van der Waals surface area contributed by atoms with Crippen molar-refractivity contribution in [1.82, 2.24) is 9.78 Å². The lowest BCUT2D eigenvalue weighted by Crippen LogP contribution is -2.19. The highest BCUT2D eigenvalue weighted by atomic mass is 32.2. The van der Waals surface area contributed by atoms with Gasteiger partial charge in [-0.2, -0.15) is 13.5 Å². The Morgan fingerprint density at radius 1 is 1.32 bits per heavy atom. The summed E-state index contributed by atoms with van der Waals surface area (Å²) in [5, 5.41) is 13.2. The topological polar surface area (TPSA) is 101 Å². The van der Waals surface area contributed by atoms with E-state index >= 15 is 0 Å². The fourth-order valence-corrected chi connectivity index (χ4v) is 3.33. The molecule has 0 saturated carbocycles. The smallest absolute Gasteiger partial charge is 0.337 e. The summed E-state index contributed by atoms with van der Waals surface area (Å²) >= 11 is 0. The van der Waals surface area contributed by atoms with Crippen molar-refractivity contribution in [2.24, 2.45) is 0 Å². The Morgan fingerprint density at radius 3 is 2.64 bits per heavy atom. The van der Waals surface area contributed by atoms with E-state index in [2.05, 4.69) is 9.82 Å². The van der Waals surface area contributed by atoms with Gasteiger partial charge in [-0.05, 0) is 37.1 Å². The van der Waals surface area contributed by atoms with Gasteiger partial charge in [-0.25, -0.2) is 4.79 Å². The fourth-order valence-electron chi connectivity index (χ4n) is 2.06. The van der Waals surface area contributed by atoms with Gasteiger partial charge in [-0.15, -0.1) is 0 Å². The van der Waals surface area contributed by atoms with Gasteiger partial charge in [0.1, 0.15) is 0 Å². The van der Waals surface area contributed by atoms with Crippen LogP contribution in [0.4, 0.5) is 5.69 Å². The molecule has 0 aliphatic rings. The normalized spacial score (nSPS) is 11.4. The predicted molar refractivity (Wildman–Crippen MR) is 81.5 cm³/mol. The first-order chi connectivity index (χ1) is 10.4. The second-order valence-corrected chi connectivity index (χ2v) is 6.26. The summed E-state index contributed by atoms with van der Waals surface area (Å²) in [6.07, 6.45) is 2.05. The molecule has 2 N–H and O–H groups in total. The zero-order valence-corrected chi connectivity index (χ0v) is 13.1. The van der Waals surface area contributed by atoms with E-state index in [-0.39, 0.29) is 16.3 Å². The van der Waals surface area contributed by atoms with Crippen LogP contribution < -0.4 is 4.72 Å². The SMILES string of the molecule is CCc1ccc(NS(=O)(=O)c2ccnn2CC)c(C(=O)O)c1. The average Bonchev–Trinajstić information content (AvgIpc) is 2.96. The Labute approximate surface area is 128 Å². The monoisotopic (exact) mass is 323 g/mol. The molecule has 1 aromatic carbocycles. The predicted octanol–water partition coefficient (Wildman–Crippen LogP) is 1.96. The van der Waals surface area contributed by atoms with E-state index in [0.29, 0.717) is 13.0 Å². The van der Waals surface area contributed by atoms with Gasteiger partial charge in [0, 0.05) is 6.54 Å². The van der Waals surface area contributed by atoms with Crippen LogP contribution in [0.15, 0.2) is 35.5 Å². The summed E-state index contributed by atoms with van der Waals surface area (Å²) < 4.78 is 28.5. The summed E-state index contributed by atoms with van der Waals surface area (Å²) in [6, 6.07) is 6.00. The standard InChI is InChI=1S/C14H17N3O4S/c1-3-10-5-6-12(11(9-10)14(18)19)16-22(20,21)13-7-8-15-17(13)4-2/h5-9,16H,3-4H2,1-2H3,(H,18,19). The third-order valence-electron chi connectivity index (χ3n) is 3.22. The van der Waals surface area contributed by atoms with Crippen LogP contribution in [0.3, 0.4) is 0 Å². The molecule has 0 amide bonds. The van der Waals surface area contributed by atoms with Crippen molar-refractivity contribution in [2.75, 3.05) is 4.72 Å². The Hall–Kier alpha value is -2.35. The van der Waals surface area contributed by atoms with Crippen molar-refractivity contribution in [3.05, 3.63) is 41.6 Å². The van der Waals surface area contributed by atoms with Crippen molar-refractivity contribution < 1.29 is 18.3 Å². The van der Waals surface area contributed by atoms with E-state index in [1.165, 1.54) is 29.1 Å². The summed E-state index contributed by atoms with van der Waals surface area (Å²) in [6.45, 7) is 4.05. The number of aromatic carboxylic acids is 1. The Morgan fingerprint density at radius 2 is 2.05 bits per heavy atom. The molecule has 0 radical (unpaired) electrons. The first-order valence-electron chi connectivity index (χ1n) is 6.80. The summed E-state index contributed by atoms with van der Waals surface area (Å²) in [4.78, 5) is 11.3. The van der Waals surface area contributed by atoms with Gasteiger partial charge in [-0.3, -0.25) is 9.40 Å².